The summed E-state index contributed by atoms with van der Waals surface area (Å²) < 4.78 is 4.61. The smallest absolute Gasteiger partial charge is 0.339 e. The number of anilines is 8. The molecule has 3 aliphatic carbocycles. The molecule has 7 aliphatic rings. The SMILES string of the molecule is COC(=O)c1ccc(C2CC2)cc1Cl.C[C@@H]1[C@H](N)CCCN1c1cnc(C(N)=O)c(Nc2ccc(N3CCN(C)CC3)cc2)n1.C[C@@H]1[C@H](NC(=O)c2ccc(C3CC3)cc2Cl)CCCN1c1cnc(C(N)=O)c(Nc2ccc(N3CCN(C)CC3)cc2)n1.O=C(O)c1ccc(C2CC2)cc1Cl. The molecular weight excluding hydrogens is 1340 g/mol. The average Bonchev–Trinajstić information content (AvgIpc) is 1.65. The number of carbonyl (C=O) groups is 5. The molecule has 5 aromatic carbocycles. The van der Waals surface area contributed by atoms with Gasteiger partial charge in [0.05, 0.1) is 51.3 Å². The summed E-state index contributed by atoms with van der Waals surface area (Å²) in [7, 11) is 5.64. The number of rotatable bonds is 17. The standard InChI is InChI=1S/C32H39ClN8O2.C22H32N8O.C11H11ClO2.C10H9ClO2/c1-20-27(37-32(43)25-12-7-22(18-26(25)33)21-5-6-21)4-3-13-41(20)28-19-35-29(30(34)42)31(38-28)36-23-8-10-24(11-9-23)40-16-14-39(2)15-17-40;1-15-18(23)4-3-9-30(15)19-14-25-20(21(24)31)22(27-19)26-16-5-7-17(8-6-16)29-12-10-28(2)11-13-29;1-14-11(13)9-5-4-8(6-10(9)12)7-2-3-7;11-9-5-7(6-1-2-6)3-4-8(9)10(12)13/h7-12,18-21,27H,3-6,13-17H2,1-2H3,(H2,34,42)(H,36,38)(H,37,43);5-8,14-15,18H,3-4,9-13,23H2,1-2H3,(H2,24,31)(H,26,27);4-7H,2-3H2,1H3;3-6H,1-2H2,(H,12,13)/t20-,27-;15-,18-;;/m11../s1. The zero-order valence-electron chi connectivity index (χ0n) is 57.9. The first kappa shape index (κ1) is 73.4. The van der Waals surface area contributed by atoms with Gasteiger partial charge in [0, 0.05) is 112 Å². The summed E-state index contributed by atoms with van der Waals surface area (Å²) in [6.45, 7) is 13.9. The number of piperidine rings is 2. The molecule has 7 fully saturated rings. The van der Waals surface area contributed by atoms with Gasteiger partial charge in [-0.05, 0) is 212 Å². The summed E-state index contributed by atoms with van der Waals surface area (Å²) in [6.07, 6.45) is 14.1. The Morgan fingerprint density at radius 1 is 0.515 bits per heavy atom. The molecule has 6 heterocycles. The maximum absolute atomic E-state index is 13.2. The predicted octanol–water partition coefficient (Wildman–Crippen LogP) is 11.7. The summed E-state index contributed by atoms with van der Waals surface area (Å²) in [4.78, 5) is 91.1. The molecule has 0 radical (unpaired) electrons. The Bertz CT molecular complexity index is 4090. The molecule has 3 saturated carbocycles. The Morgan fingerprint density at radius 2 is 0.911 bits per heavy atom. The summed E-state index contributed by atoms with van der Waals surface area (Å²) in [5.74, 6) is 1.03. The number of aromatic carboxylic acids is 1. The molecule has 10 N–H and O–H groups in total. The highest BCUT2D eigenvalue weighted by Gasteiger charge is 2.34. The van der Waals surface area contributed by atoms with Crippen LogP contribution in [0.25, 0.3) is 0 Å². The van der Waals surface area contributed by atoms with Crippen LogP contribution in [0.1, 0.15) is 165 Å². The van der Waals surface area contributed by atoms with Crippen LogP contribution in [0.15, 0.2) is 116 Å². The average molecular weight is 1440 g/mol. The molecule has 4 atom stereocenters. The third-order valence-corrected chi connectivity index (χ3v) is 20.9. The fourth-order valence-electron chi connectivity index (χ4n) is 13.1. The second kappa shape index (κ2) is 33.3. The molecule has 0 unspecified atom stereocenters. The number of benzene rings is 5. The lowest BCUT2D eigenvalue weighted by Gasteiger charge is -2.40. The third kappa shape index (κ3) is 19.0. The van der Waals surface area contributed by atoms with E-state index in [0.717, 1.165) is 114 Å². The number of ether oxygens (including phenoxy) is 1. The lowest BCUT2D eigenvalue weighted by atomic mass is 9.96. The highest BCUT2D eigenvalue weighted by atomic mass is 35.5. The van der Waals surface area contributed by atoms with E-state index in [4.69, 9.17) is 67.1 Å². The van der Waals surface area contributed by atoms with E-state index < -0.39 is 17.8 Å². The summed E-state index contributed by atoms with van der Waals surface area (Å²) in [6, 6.07) is 32.8. The Labute approximate surface area is 605 Å². The fraction of sp³-hybridized carbons (Fsp3) is 0.427. The van der Waals surface area contributed by atoms with Gasteiger partial charge in [0.25, 0.3) is 17.7 Å². The molecular formula is C75H91Cl3N16O7. The third-order valence-electron chi connectivity index (χ3n) is 19.9. The molecule has 14 rings (SSSR count). The van der Waals surface area contributed by atoms with Crippen LogP contribution in [0.2, 0.25) is 15.1 Å². The van der Waals surface area contributed by atoms with E-state index in [1.807, 2.05) is 60.7 Å². The van der Waals surface area contributed by atoms with Gasteiger partial charge in [-0.2, -0.15) is 0 Å². The number of methoxy groups -OCH3 is 1. The maximum atomic E-state index is 13.2. The number of likely N-dealkylation sites (N-methyl/N-ethyl adjacent to an activating group) is 2. The summed E-state index contributed by atoms with van der Waals surface area (Å²) in [5, 5.41) is 19.7. The van der Waals surface area contributed by atoms with Gasteiger partial charge < -0.3 is 72.4 Å². The Balaban J connectivity index is 0.000000152. The van der Waals surface area contributed by atoms with Crippen molar-refractivity contribution in [2.24, 2.45) is 17.2 Å². The van der Waals surface area contributed by atoms with E-state index in [1.165, 1.54) is 62.4 Å². The van der Waals surface area contributed by atoms with Gasteiger partial charge in [0.15, 0.2) is 23.0 Å². The van der Waals surface area contributed by atoms with Crippen LogP contribution >= 0.6 is 34.8 Å². The molecule has 7 aromatic rings. The second-order valence-electron chi connectivity index (χ2n) is 27.2. The van der Waals surface area contributed by atoms with Crippen molar-refractivity contribution >= 4 is 110 Å². The monoisotopic (exact) mass is 1430 g/mol. The minimum atomic E-state index is -0.965. The second-order valence-corrected chi connectivity index (χ2v) is 28.5. The van der Waals surface area contributed by atoms with Crippen molar-refractivity contribution in [2.45, 2.75) is 120 Å². The number of nitrogens with two attached hydrogens (primary N) is 3. The molecule has 0 bridgehead atoms. The van der Waals surface area contributed by atoms with Gasteiger partial charge in [-0.3, -0.25) is 14.4 Å². The van der Waals surface area contributed by atoms with Crippen molar-refractivity contribution in [3.63, 3.8) is 0 Å². The predicted molar refractivity (Wildman–Crippen MR) is 400 cm³/mol. The first-order valence-electron chi connectivity index (χ1n) is 34.8. The Kier molecular flexibility index (Phi) is 24.2. The number of amides is 3. The molecule has 26 heteroatoms. The van der Waals surface area contributed by atoms with Crippen molar-refractivity contribution in [3.05, 3.63) is 175 Å². The topological polar surface area (TPSA) is 300 Å². The number of hydrogen-bond acceptors (Lipinski definition) is 19. The molecule has 534 valence electrons. The number of primary amides is 2. The van der Waals surface area contributed by atoms with Crippen LogP contribution in [0.4, 0.5) is 46.0 Å². The van der Waals surface area contributed by atoms with E-state index >= 15 is 0 Å². The number of piperazine rings is 2. The lowest BCUT2D eigenvalue weighted by Crippen LogP contribution is -2.54. The van der Waals surface area contributed by atoms with Crippen molar-refractivity contribution in [1.82, 2.24) is 35.1 Å². The number of nitrogens with zero attached hydrogens (tertiary/aromatic N) is 10. The molecule has 23 nitrogen and oxygen atoms in total. The molecule has 4 saturated heterocycles. The van der Waals surface area contributed by atoms with E-state index in [9.17, 15) is 24.0 Å². The van der Waals surface area contributed by atoms with Crippen molar-refractivity contribution < 1.29 is 33.8 Å². The van der Waals surface area contributed by atoms with Crippen LogP contribution in [-0.4, -0.2) is 175 Å². The largest absolute Gasteiger partial charge is 0.478 e. The number of carboxylic acids is 1. The zero-order chi connectivity index (χ0) is 71.6. The molecule has 2 aromatic heterocycles. The van der Waals surface area contributed by atoms with E-state index in [-0.39, 0.29) is 53.0 Å². The van der Waals surface area contributed by atoms with Gasteiger partial charge in [-0.25, -0.2) is 29.5 Å². The highest BCUT2D eigenvalue weighted by Crippen LogP contribution is 2.43. The minimum Gasteiger partial charge on any atom is -0.478 e. The van der Waals surface area contributed by atoms with Crippen molar-refractivity contribution in [2.75, 3.05) is 117 Å². The van der Waals surface area contributed by atoms with Crippen LogP contribution in [0.5, 0.6) is 0 Å². The number of carbonyl (C=O) groups excluding carboxylic acids is 4. The Morgan fingerprint density at radius 3 is 1.30 bits per heavy atom. The van der Waals surface area contributed by atoms with Gasteiger partial charge in [0.2, 0.25) is 0 Å². The number of carboxylic acid groups (broad SMARTS) is 1. The van der Waals surface area contributed by atoms with Gasteiger partial charge >= 0.3 is 11.9 Å². The molecule has 101 heavy (non-hydrogen) atoms. The quantitative estimate of drug-likeness (QED) is 0.0417. The summed E-state index contributed by atoms with van der Waals surface area (Å²) in [5.41, 5.74) is 26.3. The first-order chi connectivity index (χ1) is 48.6. The van der Waals surface area contributed by atoms with Gasteiger partial charge in [0.1, 0.15) is 11.6 Å². The van der Waals surface area contributed by atoms with E-state index in [2.05, 4.69) is 112 Å². The van der Waals surface area contributed by atoms with Crippen LogP contribution in [0.3, 0.4) is 0 Å². The number of nitrogens with one attached hydrogen (secondary N) is 3. The van der Waals surface area contributed by atoms with Gasteiger partial charge in [-0.15, -0.1) is 0 Å². The number of hydrogen-bond donors (Lipinski definition) is 7. The maximum Gasteiger partial charge on any atom is 0.339 e. The summed E-state index contributed by atoms with van der Waals surface area (Å²) >= 11 is 18.3. The normalized spacial score (nSPS) is 20.0. The minimum absolute atomic E-state index is 0.0633. The van der Waals surface area contributed by atoms with Crippen LogP contribution < -0.4 is 52.8 Å². The fourth-order valence-corrected chi connectivity index (χ4v) is 13.9. The van der Waals surface area contributed by atoms with Gasteiger partial charge in [-0.1, -0.05) is 53.0 Å². The number of esters is 1. The van der Waals surface area contributed by atoms with Crippen molar-refractivity contribution in [1.29, 1.82) is 0 Å². The van der Waals surface area contributed by atoms with Crippen molar-refractivity contribution in [3.8, 4) is 0 Å². The van der Waals surface area contributed by atoms with Crippen LogP contribution in [-0.2, 0) is 4.74 Å². The zero-order valence-corrected chi connectivity index (χ0v) is 60.2. The number of aromatic nitrogens is 4. The molecule has 4 aliphatic heterocycles. The number of halogens is 3. The highest BCUT2D eigenvalue weighted by molar-refractivity contribution is 6.34. The van der Waals surface area contributed by atoms with E-state index in [0.29, 0.717) is 67.2 Å². The first-order valence-corrected chi connectivity index (χ1v) is 36.0. The molecule has 3 amide bonds. The Hall–Kier alpha value is -8.84. The van der Waals surface area contributed by atoms with E-state index in [1.54, 1.807) is 30.6 Å². The lowest BCUT2D eigenvalue weighted by molar-refractivity contribution is 0.0599. The van der Waals surface area contributed by atoms with Crippen LogP contribution in [0, 0.1) is 0 Å². The molecule has 0 spiro atoms.